The van der Waals surface area contributed by atoms with Crippen LogP contribution in [0.5, 0.6) is 5.75 Å². The average Bonchev–Trinajstić information content (AvgIpc) is 2.28. The Labute approximate surface area is 87.4 Å². The van der Waals surface area contributed by atoms with Crippen LogP contribution in [0.25, 0.3) is 0 Å². The number of hydrogen-bond donors (Lipinski definition) is 2. The molecule has 1 rings (SSSR count). The number of nitrogens with two attached hydrogens (primary N) is 1. The molecule has 0 heterocycles. The summed E-state index contributed by atoms with van der Waals surface area (Å²) in [5.41, 5.74) is 2.87. The van der Waals surface area contributed by atoms with E-state index in [9.17, 15) is 4.79 Å². The number of carbonyl (C=O) groups excluding carboxylic acids is 1. The maximum absolute atomic E-state index is 10.8. The highest BCUT2D eigenvalue weighted by Gasteiger charge is 1.99. The van der Waals surface area contributed by atoms with E-state index in [1.54, 1.807) is 24.3 Å². The Morgan fingerprint density at radius 2 is 2.13 bits per heavy atom. The molecule has 5 nitrogen and oxygen atoms in total. The van der Waals surface area contributed by atoms with Gasteiger partial charge >= 0.3 is 0 Å². The number of nitriles is 1. The zero-order chi connectivity index (χ0) is 11.1. The molecule has 1 aromatic carbocycles. The maximum atomic E-state index is 10.8. The van der Waals surface area contributed by atoms with Crippen LogP contribution in [-0.4, -0.2) is 12.5 Å². The quantitative estimate of drug-likeness (QED) is 0.415. The fourth-order valence-electron chi connectivity index (χ4n) is 0.985. The average molecular weight is 205 g/mol. The van der Waals surface area contributed by atoms with E-state index >= 15 is 0 Å². The van der Waals surface area contributed by atoms with Gasteiger partial charge in [0.2, 0.25) is 0 Å². The lowest BCUT2D eigenvalue weighted by molar-refractivity contribution is -0.123. The minimum absolute atomic E-state index is 0.117. The van der Waals surface area contributed by atoms with Gasteiger partial charge in [-0.15, -0.1) is 0 Å². The van der Waals surface area contributed by atoms with Crippen LogP contribution < -0.4 is 16.0 Å². The van der Waals surface area contributed by atoms with Crippen molar-refractivity contribution in [3.05, 3.63) is 29.8 Å². The molecule has 0 spiro atoms. The predicted molar refractivity (Wildman–Crippen MR) is 53.6 cm³/mol. The van der Waals surface area contributed by atoms with Crippen molar-refractivity contribution in [2.45, 2.75) is 6.42 Å². The molecule has 0 saturated carbocycles. The summed E-state index contributed by atoms with van der Waals surface area (Å²) in [5.74, 6) is 5.06. The first-order chi connectivity index (χ1) is 7.26. The van der Waals surface area contributed by atoms with E-state index in [1.165, 1.54) is 0 Å². The highest BCUT2D eigenvalue weighted by molar-refractivity contribution is 5.76. The molecule has 0 atom stereocenters. The van der Waals surface area contributed by atoms with Gasteiger partial charge in [-0.3, -0.25) is 10.2 Å². The monoisotopic (exact) mass is 205 g/mol. The molecule has 3 N–H and O–H groups in total. The Bertz CT molecular complexity index is 367. The van der Waals surface area contributed by atoms with Crippen molar-refractivity contribution in [1.29, 1.82) is 5.26 Å². The van der Waals surface area contributed by atoms with Gasteiger partial charge in [0.05, 0.1) is 12.5 Å². The molecule has 5 heteroatoms. The Balaban J connectivity index is 2.50. The van der Waals surface area contributed by atoms with Gasteiger partial charge in [0.1, 0.15) is 5.75 Å². The molecule has 0 aromatic heterocycles. The summed E-state index contributed by atoms with van der Waals surface area (Å²) in [4.78, 5) is 10.8. The SMILES string of the molecule is N#CCc1ccc(OCC(=O)NN)cc1. The number of carbonyl (C=O) groups is 1. The van der Waals surface area contributed by atoms with Crippen molar-refractivity contribution in [3.8, 4) is 11.8 Å². The third-order valence-electron chi connectivity index (χ3n) is 1.74. The van der Waals surface area contributed by atoms with Gasteiger partial charge < -0.3 is 4.74 Å². The molecule has 0 aliphatic heterocycles. The second kappa shape index (κ2) is 5.62. The molecule has 0 unspecified atom stereocenters. The van der Waals surface area contributed by atoms with Gasteiger partial charge in [-0.1, -0.05) is 12.1 Å². The third kappa shape index (κ3) is 3.67. The van der Waals surface area contributed by atoms with E-state index in [4.69, 9.17) is 15.8 Å². The first-order valence-electron chi connectivity index (χ1n) is 4.34. The van der Waals surface area contributed by atoms with Crippen molar-refractivity contribution < 1.29 is 9.53 Å². The number of amides is 1. The van der Waals surface area contributed by atoms with Crippen LogP contribution >= 0.6 is 0 Å². The standard InChI is InChI=1S/C10H11N3O2/c11-6-5-8-1-3-9(4-2-8)15-7-10(14)13-12/h1-4H,5,7,12H2,(H,13,14). The minimum Gasteiger partial charge on any atom is -0.484 e. The fourth-order valence-corrected chi connectivity index (χ4v) is 0.985. The number of rotatable bonds is 4. The molecule has 0 fully saturated rings. The van der Waals surface area contributed by atoms with Gasteiger partial charge in [-0.2, -0.15) is 5.26 Å². The van der Waals surface area contributed by atoms with E-state index in [0.29, 0.717) is 12.2 Å². The smallest absolute Gasteiger partial charge is 0.271 e. The van der Waals surface area contributed by atoms with Crippen molar-refractivity contribution >= 4 is 5.91 Å². The summed E-state index contributed by atoms with van der Waals surface area (Å²) in [6.07, 6.45) is 0.365. The maximum Gasteiger partial charge on any atom is 0.271 e. The van der Waals surface area contributed by atoms with E-state index in [0.717, 1.165) is 5.56 Å². The fraction of sp³-hybridized carbons (Fsp3) is 0.200. The van der Waals surface area contributed by atoms with Crippen molar-refractivity contribution in [1.82, 2.24) is 5.43 Å². The summed E-state index contributed by atoms with van der Waals surface area (Å²) in [6.45, 7) is -0.117. The molecule has 0 bridgehead atoms. The number of nitrogens with zero attached hydrogens (tertiary/aromatic N) is 1. The molecular formula is C10H11N3O2. The van der Waals surface area contributed by atoms with E-state index in [2.05, 4.69) is 0 Å². The summed E-state index contributed by atoms with van der Waals surface area (Å²) >= 11 is 0. The van der Waals surface area contributed by atoms with Gasteiger partial charge in [-0.25, -0.2) is 5.84 Å². The summed E-state index contributed by atoms with van der Waals surface area (Å²) < 4.78 is 5.12. The lowest BCUT2D eigenvalue weighted by Crippen LogP contribution is -2.34. The Morgan fingerprint density at radius 3 is 2.67 bits per heavy atom. The Kier molecular flexibility index (Phi) is 4.13. The number of hydrogen-bond acceptors (Lipinski definition) is 4. The first kappa shape index (κ1) is 11.0. The number of hydrazine groups is 1. The second-order valence-electron chi connectivity index (χ2n) is 2.84. The van der Waals surface area contributed by atoms with Crippen LogP contribution in [0.3, 0.4) is 0 Å². The van der Waals surface area contributed by atoms with Crippen LogP contribution in [0.4, 0.5) is 0 Å². The van der Waals surface area contributed by atoms with Gasteiger partial charge in [0, 0.05) is 0 Å². The molecule has 1 amide bonds. The molecule has 78 valence electrons. The minimum atomic E-state index is -0.392. The molecule has 0 aliphatic rings. The third-order valence-corrected chi connectivity index (χ3v) is 1.74. The van der Waals surface area contributed by atoms with Crippen LogP contribution in [0.1, 0.15) is 5.56 Å². The zero-order valence-corrected chi connectivity index (χ0v) is 8.06. The summed E-state index contributed by atoms with van der Waals surface area (Å²) in [5, 5.41) is 8.45. The van der Waals surface area contributed by atoms with E-state index < -0.39 is 5.91 Å². The largest absolute Gasteiger partial charge is 0.484 e. The van der Waals surface area contributed by atoms with Crippen molar-refractivity contribution in [2.75, 3.05) is 6.61 Å². The lowest BCUT2D eigenvalue weighted by Gasteiger charge is -2.04. The van der Waals surface area contributed by atoms with E-state index in [1.807, 2.05) is 11.5 Å². The Morgan fingerprint density at radius 1 is 1.47 bits per heavy atom. The van der Waals surface area contributed by atoms with Gasteiger partial charge in [-0.05, 0) is 17.7 Å². The molecule has 15 heavy (non-hydrogen) atoms. The summed E-state index contributed by atoms with van der Waals surface area (Å²) in [6, 6.07) is 9.00. The number of benzene rings is 1. The number of nitrogens with one attached hydrogen (secondary N) is 1. The van der Waals surface area contributed by atoms with Crippen molar-refractivity contribution in [2.24, 2.45) is 5.84 Å². The molecular weight excluding hydrogens is 194 g/mol. The Hall–Kier alpha value is -2.06. The zero-order valence-electron chi connectivity index (χ0n) is 8.06. The predicted octanol–water partition coefficient (Wildman–Crippen LogP) is 0.121. The molecule has 0 saturated heterocycles. The van der Waals surface area contributed by atoms with Crippen molar-refractivity contribution in [3.63, 3.8) is 0 Å². The topological polar surface area (TPSA) is 88.1 Å². The summed E-state index contributed by atoms with van der Waals surface area (Å²) in [7, 11) is 0. The van der Waals surface area contributed by atoms with Crippen LogP contribution in [0.2, 0.25) is 0 Å². The van der Waals surface area contributed by atoms with E-state index in [-0.39, 0.29) is 6.61 Å². The van der Waals surface area contributed by atoms with Crippen LogP contribution in [-0.2, 0) is 11.2 Å². The molecule has 0 radical (unpaired) electrons. The van der Waals surface area contributed by atoms with Crippen LogP contribution in [0, 0.1) is 11.3 Å². The first-order valence-corrected chi connectivity index (χ1v) is 4.34. The highest BCUT2D eigenvalue weighted by Crippen LogP contribution is 2.12. The van der Waals surface area contributed by atoms with Gasteiger partial charge in [0.15, 0.2) is 6.61 Å². The van der Waals surface area contributed by atoms with Gasteiger partial charge in [0.25, 0.3) is 5.91 Å². The molecule has 1 aromatic rings. The lowest BCUT2D eigenvalue weighted by atomic mass is 10.2. The number of ether oxygens (including phenoxy) is 1. The molecule has 0 aliphatic carbocycles. The van der Waals surface area contributed by atoms with Crippen LogP contribution in [0.15, 0.2) is 24.3 Å². The highest BCUT2D eigenvalue weighted by atomic mass is 16.5. The normalized spacial score (nSPS) is 9.07. The second-order valence-corrected chi connectivity index (χ2v) is 2.84.